The fraction of sp³-hybridized carbons (Fsp3) is 0.571. The van der Waals surface area contributed by atoms with E-state index >= 15 is 0 Å². The van der Waals surface area contributed by atoms with Crippen LogP contribution in [0.5, 0.6) is 0 Å². The Hall–Kier alpha value is -1.76. The van der Waals surface area contributed by atoms with Crippen LogP contribution in [0.1, 0.15) is 39.2 Å². The number of pyridine rings is 1. The van der Waals surface area contributed by atoms with Crippen molar-refractivity contribution in [1.82, 2.24) is 4.98 Å². The molecule has 0 saturated heterocycles. The first-order valence-corrected chi connectivity index (χ1v) is 6.56. The molecule has 0 aliphatic carbocycles. The summed E-state index contributed by atoms with van der Waals surface area (Å²) in [5, 5.41) is 8.81. The summed E-state index contributed by atoms with van der Waals surface area (Å²) < 4.78 is 0. The molecule has 0 spiro atoms. The zero-order valence-electron chi connectivity index (χ0n) is 11.5. The minimum absolute atomic E-state index is 0.509. The fourth-order valence-corrected chi connectivity index (χ4v) is 2.02. The minimum Gasteiger partial charge on any atom is -0.396 e. The standard InChI is InChI=1S/C14H22N4/c1-4-11(5-2)10-18(6-3)14-13(16)7-12(8-15)9-17-14/h7,9,11H,4-6,10,16H2,1-3H3. The number of nitrogens with zero attached hydrogens (tertiary/aromatic N) is 3. The summed E-state index contributed by atoms with van der Waals surface area (Å²) in [6.45, 7) is 8.35. The number of nitrogen functional groups attached to an aromatic ring is 1. The Morgan fingerprint density at radius 3 is 2.50 bits per heavy atom. The van der Waals surface area contributed by atoms with Crippen LogP contribution in [-0.4, -0.2) is 18.1 Å². The zero-order chi connectivity index (χ0) is 13.5. The zero-order valence-corrected chi connectivity index (χ0v) is 11.5. The van der Waals surface area contributed by atoms with Crippen LogP contribution in [0, 0.1) is 17.2 Å². The summed E-state index contributed by atoms with van der Waals surface area (Å²) in [4.78, 5) is 6.51. The van der Waals surface area contributed by atoms with Crippen molar-refractivity contribution in [3.05, 3.63) is 17.8 Å². The number of nitriles is 1. The van der Waals surface area contributed by atoms with Gasteiger partial charge in [-0.3, -0.25) is 0 Å². The SMILES string of the molecule is CCC(CC)CN(CC)c1ncc(C#N)cc1N. The average molecular weight is 246 g/mol. The molecule has 4 nitrogen and oxygen atoms in total. The van der Waals surface area contributed by atoms with E-state index in [1.807, 2.05) is 0 Å². The maximum absolute atomic E-state index is 8.81. The number of aromatic nitrogens is 1. The van der Waals surface area contributed by atoms with Gasteiger partial charge >= 0.3 is 0 Å². The van der Waals surface area contributed by atoms with E-state index in [1.54, 1.807) is 12.3 Å². The van der Waals surface area contributed by atoms with Crippen molar-refractivity contribution in [2.75, 3.05) is 23.7 Å². The predicted molar refractivity (Wildman–Crippen MR) is 75.3 cm³/mol. The van der Waals surface area contributed by atoms with Gasteiger partial charge in [0.15, 0.2) is 5.82 Å². The monoisotopic (exact) mass is 246 g/mol. The van der Waals surface area contributed by atoms with E-state index in [-0.39, 0.29) is 0 Å². The van der Waals surface area contributed by atoms with E-state index in [9.17, 15) is 0 Å². The van der Waals surface area contributed by atoms with Crippen LogP contribution in [0.4, 0.5) is 11.5 Å². The molecule has 1 heterocycles. The summed E-state index contributed by atoms with van der Waals surface area (Å²) >= 11 is 0. The molecule has 1 aromatic heterocycles. The van der Waals surface area contributed by atoms with Gasteiger partial charge in [0.25, 0.3) is 0 Å². The van der Waals surface area contributed by atoms with Crippen molar-refractivity contribution in [1.29, 1.82) is 5.26 Å². The Kier molecular flexibility index (Phi) is 5.44. The smallest absolute Gasteiger partial charge is 0.151 e. The molecule has 2 N–H and O–H groups in total. The van der Waals surface area contributed by atoms with Gasteiger partial charge in [0.1, 0.15) is 6.07 Å². The van der Waals surface area contributed by atoms with E-state index in [1.165, 1.54) is 0 Å². The highest BCUT2D eigenvalue weighted by Crippen LogP contribution is 2.23. The second-order valence-corrected chi connectivity index (χ2v) is 4.47. The van der Waals surface area contributed by atoms with Crippen LogP contribution in [0.25, 0.3) is 0 Å². The maximum Gasteiger partial charge on any atom is 0.151 e. The molecule has 0 radical (unpaired) electrons. The molecule has 18 heavy (non-hydrogen) atoms. The molecular weight excluding hydrogens is 224 g/mol. The van der Waals surface area contributed by atoms with E-state index in [2.05, 4.69) is 36.7 Å². The topological polar surface area (TPSA) is 65.9 Å². The van der Waals surface area contributed by atoms with Crippen LogP contribution in [0.2, 0.25) is 0 Å². The summed E-state index contributed by atoms with van der Waals surface area (Å²) in [5.74, 6) is 1.45. The Labute approximate surface area is 109 Å². The van der Waals surface area contributed by atoms with Gasteiger partial charge in [0, 0.05) is 19.3 Å². The first-order valence-electron chi connectivity index (χ1n) is 6.56. The lowest BCUT2D eigenvalue weighted by molar-refractivity contribution is 0.484. The van der Waals surface area contributed by atoms with Gasteiger partial charge in [0.2, 0.25) is 0 Å². The van der Waals surface area contributed by atoms with Crippen LogP contribution >= 0.6 is 0 Å². The lowest BCUT2D eigenvalue weighted by atomic mass is 10.0. The van der Waals surface area contributed by atoms with Gasteiger partial charge in [-0.15, -0.1) is 0 Å². The highest BCUT2D eigenvalue weighted by Gasteiger charge is 2.14. The highest BCUT2D eigenvalue weighted by molar-refractivity contribution is 5.64. The van der Waals surface area contributed by atoms with Gasteiger partial charge in [-0.25, -0.2) is 4.98 Å². The second kappa shape index (κ2) is 6.85. The normalized spacial score (nSPS) is 10.4. The largest absolute Gasteiger partial charge is 0.396 e. The molecule has 0 unspecified atom stereocenters. The molecule has 0 fully saturated rings. The van der Waals surface area contributed by atoms with Gasteiger partial charge in [-0.2, -0.15) is 5.26 Å². The molecule has 0 aliphatic heterocycles. The Balaban J connectivity index is 2.92. The van der Waals surface area contributed by atoms with Crippen molar-refractivity contribution >= 4 is 11.5 Å². The maximum atomic E-state index is 8.81. The lowest BCUT2D eigenvalue weighted by Gasteiger charge is -2.27. The third kappa shape index (κ3) is 3.36. The number of nitrogens with two attached hydrogens (primary N) is 1. The third-order valence-corrected chi connectivity index (χ3v) is 3.34. The molecule has 4 heteroatoms. The molecule has 0 amide bonds. The lowest BCUT2D eigenvalue weighted by Crippen LogP contribution is -2.30. The fourth-order valence-electron chi connectivity index (χ4n) is 2.02. The van der Waals surface area contributed by atoms with Crippen molar-refractivity contribution in [3.63, 3.8) is 0 Å². The Bertz CT molecular complexity index is 418. The van der Waals surface area contributed by atoms with Crippen molar-refractivity contribution in [3.8, 4) is 6.07 Å². The van der Waals surface area contributed by atoms with Crippen LogP contribution < -0.4 is 10.6 Å². The Morgan fingerprint density at radius 2 is 2.06 bits per heavy atom. The average Bonchev–Trinajstić information content (AvgIpc) is 2.41. The van der Waals surface area contributed by atoms with Crippen molar-refractivity contribution in [2.24, 2.45) is 5.92 Å². The molecule has 0 saturated carbocycles. The van der Waals surface area contributed by atoms with Crippen LogP contribution in [-0.2, 0) is 0 Å². The van der Waals surface area contributed by atoms with E-state index in [0.717, 1.165) is 31.7 Å². The number of anilines is 2. The van der Waals surface area contributed by atoms with Crippen LogP contribution in [0.3, 0.4) is 0 Å². The van der Waals surface area contributed by atoms with Gasteiger partial charge < -0.3 is 10.6 Å². The molecule has 1 aromatic rings. The van der Waals surface area contributed by atoms with Crippen molar-refractivity contribution in [2.45, 2.75) is 33.6 Å². The second-order valence-electron chi connectivity index (χ2n) is 4.47. The van der Waals surface area contributed by atoms with E-state index in [0.29, 0.717) is 17.2 Å². The van der Waals surface area contributed by atoms with Gasteiger partial charge in [-0.1, -0.05) is 26.7 Å². The van der Waals surface area contributed by atoms with Crippen molar-refractivity contribution < 1.29 is 0 Å². The summed E-state index contributed by atoms with van der Waals surface area (Å²) in [6, 6.07) is 3.75. The highest BCUT2D eigenvalue weighted by atomic mass is 15.2. The minimum atomic E-state index is 0.509. The van der Waals surface area contributed by atoms with Gasteiger partial charge in [0.05, 0.1) is 11.3 Å². The first kappa shape index (κ1) is 14.3. The molecular formula is C14H22N4. The molecule has 98 valence electrons. The molecule has 0 aliphatic rings. The Morgan fingerprint density at radius 1 is 1.39 bits per heavy atom. The quantitative estimate of drug-likeness (QED) is 0.838. The molecule has 1 rings (SSSR count). The molecule has 0 aromatic carbocycles. The summed E-state index contributed by atoms with van der Waals surface area (Å²) in [7, 11) is 0. The first-order chi connectivity index (χ1) is 8.65. The number of hydrogen-bond acceptors (Lipinski definition) is 4. The van der Waals surface area contributed by atoms with E-state index in [4.69, 9.17) is 11.0 Å². The summed E-state index contributed by atoms with van der Waals surface area (Å²) in [6.07, 6.45) is 3.90. The van der Waals surface area contributed by atoms with Gasteiger partial charge in [-0.05, 0) is 18.9 Å². The summed E-state index contributed by atoms with van der Waals surface area (Å²) in [5.41, 5.74) is 7.07. The number of rotatable bonds is 6. The number of hydrogen-bond donors (Lipinski definition) is 1. The third-order valence-electron chi connectivity index (χ3n) is 3.34. The molecule has 0 bridgehead atoms. The molecule has 0 atom stereocenters. The van der Waals surface area contributed by atoms with Crippen LogP contribution in [0.15, 0.2) is 12.3 Å². The van der Waals surface area contributed by atoms with E-state index < -0.39 is 0 Å². The predicted octanol–water partition coefficient (Wildman–Crippen LogP) is 2.80.